The van der Waals surface area contributed by atoms with Crippen LogP contribution in [0.15, 0.2) is 42.7 Å². The monoisotopic (exact) mass is 378 g/mol. The number of pyridine rings is 1. The molecule has 0 saturated carbocycles. The Bertz CT molecular complexity index is 989. The van der Waals surface area contributed by atoms with Crippen LogP contribution in [0.4, 0.5) is 0 Å². The summed E-state index contributed by atoms with van der Waals surface area (Å²) in [6.07, 6.45) is 5.41. The predicted molar refractivity (Wildman–Crippen MR) is 108 cm³/mol. The summed E-state index contributed by atoms with van der Waals surface area (Å²) >= 11 is 0. The Balaban J connectivity index is 1.47. The number of aromatic nitrogens is 3. The number of aryl methyl sites for hydroxylation is 1. The number of benzene rings is 1. The quantitative estimate of drug-likeness (QED) is 0.756. The van der Waals surface area contributed by atoms with Gasteiger partial charge in [-0.15, -0.1) is 0 Å². The third kappa shape index (κ3) is 3.40. The number of rotatable bonds is 4. The van der Waals surface area contributed by atoms with Crippen LogP contribution in [-0.4, -0.2) is 50.1 Å². The predicted octanol–water partition coefficient (Wildman–Crippen LogP) is 3.31. The van der Waals surface area contributed by atoms with Crippen molar-refractivity contribution in [1.82, 2.24) is 19.4 Å². The van der Waals surface area contributed by atoms with Gasteiger partial charge in [0.05, 0.1) is 18.2 Å². The summed E-state index contributed by atoms with van der Waals surface area (Å²) in [5.74, 6) is 1.42. The number of fused-ring (bicyclic) bond motifs is 1. The summed E-state index contributed by atoms with van der Waals surface area (Å²) in [5.41, 5.74) is 2.68. The molecule has 4 rings (SSSR count). The first-order chi connectivity index (χ1) is 13.6. The van der Waals surface area contributed by atoms with Crippen LogP contribution in [0.25, 0.3) is 10.9 Å². The highest BCUT2D eigenvalue weighted by Gasteiger charge is 2.28. The average molecular weight is 378 g/mol. The summed E-state index contributed by atoms with van der Waals surface area (Å²) in [4.78, 5) is 23.8. The topological polar surface area (TPSA) is 71.2 Å². The molecule has 1 atom stereocenters. The number of nitrogens with zero attached hydrogens (tertiary/aromatic N) is 4. The van der Waals surface area contributed by atoms with E-state index in [9.17, 15) is 9.90 Å². The van der Waals surface area contributed by atoms with E-state index in [4.69, 9.17) is 0 Å². The highest BCUT2D eigenvalue weighted by Crippen LogP contribution is 2.30. The zero-order chi connectivity index (χ0) is 19.7. The molecule has 6 heteroatoms. The van der Waals surface area contributed by atoms with E-state index in [1.54, 1.807) is 6.20 Å². The van der Waals surface area contributed by atoms with Gasteiger partial charge in [-0.2, -0.15) is 0 Å². The molecule has 3 aromatic rings. The average Bonchev–Trinajstić information content (AvgIpc) is 3.13. The SMILES string of the molecule is Cc1cnc(C2CCN(C(=O)c3ccc4ncccc4c3)CC2)n1[C@H](C)CO. The Kier molecular flexibility index (Phi) is 5.13. The number of aliphatic hydroxyl groups excluding tert-OH is 1. The molecule has 1 fully saturated rings. The van der Waals surface area contributed by atoms with Gasteiger partial charge < -0.3 is 14.6 Å². The molecule has 28 heavy (non-hydrogen) atoms. The first-order valence-electron chi connectivity index (χ1n) is 9.87. The molecule has 1 aliphatic heterocycles. The van der Waals surface area contributed by atoms with Crippen LogP contribution < -0.4 is 0 Å². The van der Waals surface area contributed by atoms with E-state index in [0.29, 0.717) is 24.6 Å². The standard InChI is InChI=1S/C22H26N4O2/c1-15-13-24-21(26(15)16(2)14-27)17-7-10-25(11-8-17)22(28)19-5-6-20-18(12-19)4-3-9-23-20/h3-6,9,12-13,16-17,27H,7-8,10-11,14H2,1-2H3/t16-/m1/s1. The molecule has 2 aromatic heterocycles. The summed E-state index contributed by atoms with van der Waals surface area (Å²) in [5, 5.41) is 10.5. The fourth-order valence-corrected chi connectivity index (χ4v) is 4.15. The molecule has 0 aliphatic carbocycles. The van der Waals surface area contributed by atoms with E-state index in [-0.39, 0.29) is 18.6 Å². The lowest BCUT2D eigenvalue weighted by Crippen LogP contribution is -2.38. The Labute approximate surface area is 164 Å². The molecule has 6 nitrogen and oxygen atoms in total. The van der Waals surface area contributed by atoms with E-state index in [1.165, 1.54) is 0 Å². The van der Waals surface area contributed by atoms with E-state index in [2.05, 4.69) is 14.5 Å². The molecule has 1 saturated heterocycles. The second kappa shape index (κ2) is 7.72. The zero-order valence-electron chi connectivity index (χ0n) is 16.4. The van der Waals surface area contributed by atoms with Crippen molar-refractivity contribution in [2.45, 2.75) is 38.6 Å². The van der Waals surface area contributed by atoms with Crippen molar-refractivity contribution in [1.29, 1.82) is 0 Å². The van der Waals surface area contributed by atoms with Gasteiger partial charge in [0.25, 0.3) is 5.91 Å². The Morgan fingerprint density at radius 1 is 1.25 bits per heavy atom. The van der Waals surface area contributed by atoms with Crippen molar-refractivity contribution in [3.8, 4) is 0 Å². The number of piperidine rings is 1. The lowest BCUT2D eigenvalue weighted by molar-refractivity contribution is 0.0709. The van der Waals surface area contributed by atoms with E-state index in [0.717, 1.165) is 35.3 Å². The Morgan fingerprint density at radius 3 is 2.79 bits per heavy atom. The fraction of sp³-hybridized carbons (Fsp3) is 0.409. The number of likely N-dealkylation sites (tertiary alicyclic amines) is 1. The maximum Gasteiger partial charge on any atom is 0.253 e. The van der Waals surface area contributed by atoms with Crippen LogP contribution in [-0.2, 0) is 0 Å². The Hall–Kier alpha value is -2.73. The molecule has 0 unspecified atom stereocenters. The van der Waals surface area contributed by atoms with Gasteiger partial charge in [-0.3, -0.25) is 9.78 Å². The lowest BCUT2D eigenvalue weighted by atomic mass is 9.95. The minimum absolute atomic E-state index is 0.0170. The van der Waals surface area contributed by atoms with Crippen LogP contribution in [0.5, 0.6) is 0 Å². The van der Waals surface area contributed by atoms with Crippen LogP contribution in [0.1, 0.15) is 53.6 Å². The molecule has 146 valence electrons. The van der Waals surface area contributed by atoms with Gasteiger partial charge in [-0.1, -0.05) is 6.07 Å². The molecule has 0 bridgehead atoms. The molecule has 1 amide bonds. The van der Waals surface area contributed by atoms with Gasteiger partial charge in [-0.05, 0) is 51.0 Å². The van der Waals surface area contributed by atoms with E-state index in [1.807, 2.05) is 55.3 Å². The Morgan fingerprint density at radius 2 is 2.04 bits per heavy atom. The number of aliphatic hydroxyl groups is 1. The molecule has 1 aromatic carbocycles. The minimum atomic E-state index is 0.0170. The van der Waals surface area contributed by atoms with Crippen molar-refractivity contribution in [2.24, 2.45) is 0 Å². The smallest absolute Gasteiger partial charge is 0.253 e. The third-order valence-electron chi connectivity index (χ3n) is 5.71. The van der Waals surface area contributed by atoms with Gasteiger partial charge >= 0.3 is 0 Å². The molecular formula is C22H26N4O2. The summed E-state index contributed by atoms with van der Waals surface area (Å²) in [7, 11) is 0. The highest BCUT2D eigenvalue weighted by atomic mass is 16.3. The number of carbonyl (C=O) groups is 1. The van der Waals surface area contributed by atoms with E-state index < -0.39 is 0 Å². The maximum atomic E-state index is 13.0. The molecule has 1 N–H and O–H groups in total. The van der Waals surface area contributed by atoms with Gasteiger partial charge in [0, 0.05) is 48.0 Å². The van der Waals surface area contributed by atoms with Crippen LogP contribution in [0, 0.1) is 6.92 Å². The normalized spacial score (nSPS) is 16.5. The zero-order valence-corrected chi connectivity index (χ0v) is 16.4. The number of imidazole rings is 1. The fourth-order valence-electron chi connectivity index (χ4n) is 4.15. The second-order valence-corrected chi connectivity index (χ2v) is 7.64. The van der Waals surface area contributed by atoms with E-state index >= 15 is 0 Å². The largest absolute Gasteiger partial charge is 0.394 e. The number of carbonyl (C=O) groups excluding carboxylic acids is 1. The van der Waals surface area contributed by atoms with Crippen LogP contribution in [0.3, 0.4) is 0 Å². The van der Waals surface area contributed by atoms with Gasteiger partial charge in [0.1, 0.15) is 5.82 Å². The van der Waals surface area contributed by atoms with Crippen LogP contribution in [0.2, 0.25) is 0 Å². The highest BCUT2D eigenvalue weighted by molar-refractivity contribution is 5.98. The van der Waals surface area contributed by atoms with Crippen molar-refractivity contribution in [3.63, 3.8) is 0 Å². The minimum Gasteiger partial charge on any atom is -0.394 e. The molecule has 1 aliphatic rings. The first-order valence-corrected chi connectivity index (χ1v) is 9.87. The van der Waals surface area contributed by atoms with Crippen LogP contribution >= 0.6 is 0 Å². The molecular weight excluding hydrogens is 352 g/mol. The van der Waals surface area contributed by atoms with Crippen molar-refractivity contribution >= 4 is 16.8 Å². The number of hydrogen-bond donors (Lipinski definition) is 1. The van der Waals surface area contributed by atoms with Gasteiger partial charge in [-0.25, -0.2) is 4.98 Å². The van der Waals surface area contributed by atoms with Crippen molar-refractivity contribution in [3.05, 3.63) is 59.8 Å². The first kappa shape index (κ1) is 18.6. The maximum absolute atomic E-state index is 13.0. The molecule has 0 spiro atoms. The lowest BCUT2D eigenvalue weighted by Gasteiger charge is -2.32. The molecule has 0 radical (unpaired) electrons. The summed E-state index contributed by atoms with van der Waals surface area (Å²) in [6.45, 7) is 5.56. The van der Waals surface area contributed by atoms with Gasteiger partial charge in [0.15, 0.2) is 0 Å². The van der Waals surface area contributed by atoms with Crippen molar-refractivity contribution in [2.75, 3.05) is 19.7 Å². The third-order valence-corrected chi connectivity index (χ3v) is 5.71. The summed E-state index contributed by atoms with van der Waals surface area (Å²) < 4.78 is 2.14. The summed E-state index contributed by atoms with van der Waals surface area (Å²) in [6, 6.07) is 9.59. The van der Waals surface area contributed by atoms with Crippen molar-refractivity contribution < 1.29 is 9.90 Å². The number of hydrogen-bond acceptors (Lipinski definition) is 4. The number of amides is 1. The molecule has 3 heterocycles. The van der Waals surface area contributed by atoms with Gasteiger partial charge in [0.2, 0.25) is 0 Å². The second-order valence-electron chi connectivity index (χ2n) is 7.64.